The van der Waals surface area contributed by atoms with Crippen LogP contribution in [0.4, 0.5) is 0 Å². The summed E-state index contributed by atoms with van der Waals surface area (Å²) in [6, 6.07) is 3.51. The molecule has 1 saturated heterocycles. The molecule has 2 amide bonds. The molecule has 0 unspecified atom stereocenters. The largest absolute Gasteiger partial charge is 0.376 e. The van der Waals surface area contributed by atoms with Crippen LogP contribution in [0.25, 0.3) is 0 Å². The molecule has 1 saturated carbocycles. The summed E-state index contributed by atoms with van der Waals surface area (Å²) in [5.74, 6) is 0.178. The molecule has 1 aliphatic heterocycles. The van der Waals surface area contributed by atoms with Gasteiger partial charge in [-0.3, -0.25) is 14.6 Å². The van der Waals surface area contributed by atoms with Crippen LogP contribution in [0.1, 0.15) is 18.9 Å². The van der Waals surface area contributed by atoms with E-state index >= 15 is 0 Å². The second kappa shape index (κ2) is 5.81. The Labute approximate surface area is 123 Å². The number of hydrogen-bond acceptors (Lipinski definition) is 4. The van der Waals surface area contributed by atoms with E-state index in [4.69, 9.17) is 4.74 Å². The van der Waals surface area contributed by atoms with Gasteiger partial charge in [-0.25, -0.2) is 0 Å². The Bertz CT molecular complexity index is 534. The van der Waals surface area contributed by atoms with Gasteiger partial charge in [-0.05, 0) is 24.1 Å². The van der Waals surface area contributed by atoms with E-state index in [1.807, 2.05) is 12.1 Å². The summed E-state index contributed by atoms with van der Waals surface area (Å²) in [6.45, 7) is 2.18. The molecule has 1 aromatic heterocycles. The van der Waals surface area contributed by atoms with Gasteiger partial charge in [-0.15, -0.1) is 0 Å². The first-order valence-electron chi connectivity index (χ1n) is 7.22. The minimum atomic E-state index is -0.114. The van der Waals surface area contributed by atoms with Crippen LogP contribution in [0.2, 0.25) is 0 Å². The Morgan fingerprint density at radius 2 is 2.05 bits per heavy atom. The number of rotatable bonds is 4. The van der Waals surface area contributed by atoms with Gasteiger partial charge in [0.1, 0.15) is 0 Å². The lowest BCUT2D eigenvalue weighted by Gasteiger charge is -2.47. The fourth-order valence-corrected chi connectivity index (χ4v) is 3.23. The summed E-state index contributed by atoms with van der Waals surface area (Å²) in [6.07, 6.45) is 4.64. The summed E-state index contributed by atoms with van der Waals surface area (Å²) in [7, 11) is 0. The van der Waals surface area contributed by atoms with E-state index in [-0.39, 0.29) is 30.0 Å². The molecule has 112 valence electrons. The summed E-state index contributed by atoms with van der Waals surface area (Å²) < 4.78 is 5.62. The highest BCUT2D eigenvalue weighted by atomic mass is 16.5. The van der Waals surface area contributed by atoms with Crippen LogP contribution in [0.3, 0.4) is 0 Å². The molecule has 0 spiro atoms. The Kier molecular flexibility index (Phi) is 3.88. The van der Waals surface area contributed by atoms with Crippen LogP contribution in [0.5, 0.6) is 0 Å². The third-order valence-electron chi connectivity index (χ3n) is 4.20. The van der Waals surface area contributed by atoms with Gasteiger partial charge in [-0.1, -0.05) is 0 Å². The lowest BCUT2D eigenvalue weighted by atomic mass is 9.71. The highest BCUT2D eigenvalue weighted by Crippen LogP contribution is 2.39. The average Bonchev–Trinajstić information content (AvgIpc) is 2.88. The number of carbonyl (C=O) groups is 2. The molecule has 2 fully saturated rings. The highest BCUT2D eigenvalue weighted by molar-refractivity contribution is 5.79. The van der Waals surface area contributed by atoms with Crippen molar-refractivity contribution in [1.29, 1.82) is 0 Å². The van der Waals surface area contributed by atoms with Crippen LogP contribution >= 0.6 is 0 Å². The standard InChI is InChI=1S/C15H19N3O3/c1-9(19)17-14-13(11-4-7-21-15(11)14)18-12(20)8-10-2-5-16-6-3-10/h2-3,5-6,11,13-15H,4,7-8H2,1H3,(H,17,19)(H,18,20)/t11-,13+,14-,15-/m0/s1. The van der Waals surface area contributed by atoms with Gasteiger partial charge in [0.25, 0.3) is 0 Å². The van der Waals surface area contributed by atoms with Gasteiger partial charge in [0.2, 0.25) is 11.8 Å². The number of nitrogens with zero attached hydrogens (tertiary/aromatic N) is 1. The van der Waals surface area contributed by atoms with Gasteiger partial charge < -0.3 is 15.4 Å². The fraction of sp³-hybridized carbons (Fsp3) is 0.533. The van der Waals surface area contributed by atoms with Gasteiger partial charge in [0.05, 0.1) is 24.6 Å². The zero-order valence-electron chi connectivity index (χ0n) is 11.9. The molecule has 1 aliphatic carbocycles. The van der Waals surface area contributed by atoms with Crippen molar-refractivity contribution in [2.75, 3.05) is 6.61 Å². The van der Waals surface area contributed by atoms with Crippen molar-refractivity contribution in [2.45, 2.75) is 38.0 Å². The quantitative estimate of drug-likeness (QED) is 0.819. The smallest absolute Gasteiger partial charge is 0.224 e. The number of fused-ring (bicyclic) bond motifs is 1. The topological polar surface area (TPSA) is 80.3 Å². The maximum Gasteiger partial charge on any atom is 0.224 e. The molecule has 2 heterocycles. The fourth-order valence-electron chi connectivity index (χ4n) is 3.23. The van der Waals surface area contributed by atoms with Crippen LogP contribution in [0.15, 0.2) is 24.5 Å². The first kappa shape index (κ1) is 14.0. The van der Waals surface area contributed by atoms with Crippen molar-refractivity contribution >= 4 is 11.8 Å². The van der Waals surface area contributed by atoms with Crippen molar-refractivity contribution in [2.24, 2.45) is 5.92 Å². The minimum absolute atomic E-state index is 0.0317. The van der Waals surface area contributed by atoms with Crippen molar-refractivity contribution < 1.29 is 14.3 Å². The molecule has 2 aliphatic rings. The number of nitrogens with one attached hydrogen (secondary N) is 2. The molecular formula is C15H19N3O3. The van der Waals surface area contributed by atoms with E-state index in [2.05, 4.69) is 15.6 Å². The van der Waals surface area contributed by atoms with Gasteiger partial charge in [0, 0.05) is 31.8 Å². The van der Waals surface area contributed by atoms with E-state index in [0.29, 0.717) is 18.9 Å². The van der Waals surface area contributed by atoms with E-state index in [0.717, 1.165) is 12.0 Å². The molecule has 6 nitrogen and oxygen atoms in total. The predicted octanol–water partition coefficient (Wildman–Crippen LogP) is 0.0323. The van der Waals surface area contributed by atoms with E-state index < -0.39 is 0 Å². The average molecular weight is 289 g/mol. The van der Waals surface area contributed by atoms with Crippen molar-refractivity contribution in [3.05, 3.63) is 30.1 Å². The molecule has 21 heavy (non-hydrogen) atoms. The summed E-state index contributed by atoms with van der Waals surface area (Å²) in [4.78, 5) is 27.4. The Morgan fingerprint density at radius 3 is 2.76 bits per heavy atom. The van der Waals surface area contributed by atoms with E-state index in [1.165, 1.54) is 6.92 Å². The number of aromatic nitrogens is 1. The van der Waals surface area contributed by atoms with Crippen molar-refractivity contribution in [3.8, 4) is 0 Å². The molecule has 6 heteroatoms. The van der Waals surface area contributed by atoms with Gasteiger partial charge in [0.15, 0.2) is 0 Å². The summed E-state index contributed by atoms with van der Waals surface area (Å²) in [5, 5.41) is 5.92. The lowest BCUT2D eigenvalue weighted by Crippen LogP contribution is -2.70. The first-order valence-corrected chi connectivity index (χ1v) is 7.22. The zero-order valence-corrected chi connectivity index (χ0v) is 11.9. The van der Waals surface area contributed by atoms with Gasteiger partial charge >= 0.3 is 0 Å². The third kappa shape index (κ3) is 2.90. The lowest BCUT2D eigenvalue weighted by molar-refractivity contribution is -0.129. The number of carbonyl (C=O) groups excluding carboxylic acids is 2. The summed E-state index contributed by atoms with van der Waals surface area (Å²) in [5.41, 5.74) is 0.928. The van der Waals surface area contributed by atoms with E-state index in [1.54, 1.807) is 12.4 Å². The second-order valence-electron chi connectivity index (χ2n) is 5.64. The predicted molar refractivity (Wildman–Crippen MR) is 75.3 cm³/mol. The molecule has 4 atom stereocenters. The highest BCUT2D eigenvalue weighted by Gasteiger charge is 2.54. The summed E-state index contributed by atoms with van der Waals surface area (Å²) >= 11 is 0. The Morgan fingerprint density at radius 1 is 1.29 bits per heavy atom. The number of pyridine rings is 1. The minimum Gasteiger partial charge on any atom is -0.376 e. The maximum absolute atomic E-state index is 12.2. The van der Waals surface area contributed by atoms with Crippen LogP contribution in [-0.4, -0.2) is 41.6 Å². The molecule has 2 N–H and O–H groups in total. The van der Waals surface area contributed by atoms with Crippen LogP contribution < -0.4 is 10.6 Å². The number of amides is 2. The van der Waals surface area contributed by atoms with Crippen molar-refractivity contribution in [1.82, 2.24) is 15.6 Å². The third-order valence-corrected chi connectivity index (χ3v) is 4.20. The van der Waals surface area contributed by atoms with Crippen LogP contribution in [-0.2, 0) is 20.7 Å². The monoisotopic (exact) mass is 289 g/mol. The molecule has 1 aromatic rings. The Balaban J connectivity index is 1.60. The number of ether oxygens (including phenoxy) is 1. The molecular weight excluding hydrogens is 270 g/mol. The zero-order chi connectivity index (χ0) is 14.8. The van der Waals surface area contributed by atoms with Gasteiger partial charge in [-0.2, -0.15) is 0 Å². The first-order chi connectivity index (χ1) is 10.1. The Hall–Kier alpha value is -1.95. The molecule has 0 aromatic carbocycles. The van der Waals surface area contributed by atoms with E-state index in [9.17, 15) is 9.59 Å². The van der Waals surface area contributed by atoms with Crippen molar-refractivity contribution in [3.63, 3.8) is 0 Å². The molecule has 3 rings (SSSR count). The normalized spacial score (nSPS) is 30.1. The number of hydrogen-bond donors (Lipinski definition) is 2. The maximum atomic E-state index is 12.2. The molecule has 0 bridgehead atoms. The molecule has 0 radical (unpaired) electrons. The second-order valence-corrected chi connectivity index (χ2v) is 5.64. The SMILES string of the molecule is CC(=O)N[C@H]1[C@H](NC(=O)Cc2ccncc2)[C@@H]2CCO[C@@H]21. The van der Waals surface area contributed by atoms with Crippen LogP contribution in [0, 0.1) is 5.92 Å².